The molecule has 2 rings (SSSR count). The van der Waals surface area contributed by atoms with Crippen molar-refractivity contribution in [3.63, 3.8) is 0 Å². The lowest BCUT2D eigenvalue weighted by Gasteiger charge is -2.09. The number of hydrogen-bond acceptors (Lipinski definition) is 3. The Hall–Kier alpha value is -2.29. The first-order valence-corrected chi connectivity index (χ1v) is 7.84. The van der Waals surface area contributed by atoms with E-state index < -0.39 is 0 Å². The molecule has 0 aliphatic rings. The normalized spacial score (nSPS) is 10.5. The predicted molar refractivity (Wildman–Crippen MR) is 112 cm³/mol. The smallest absolute Gasteiger partial charge is 0.241 e. The lowest BCUT2D eigenvalue weighted by atomic mass is 10.3. The number of benzene rings is 2. The third-order valence-corrected chi connectivity index (χ3v) is 3.05. The lowest BCUT2D eigenvalue weighted by Crippen LogP contribution is -2.29. The first kappa shape index (κ1) is 20.8. The quantitative estimate of drug-likeness (QED) is 0.340. The third kappa shape index (κ3) is 7.88. The number of aliphatic imine (C=N–C) groups is 1. The molecular formula is C18H23IN4O2. The molecule has 6 nitrogen and oxygen atoms in total. The van der Waals surface area contributed by atoms with Crippen LogP contribution in [0.4, 0.5) is 5.69 Å². The SMILES string of the molecule is CCCNC(=O)CN=C(N)Nc1cccc(Oc2ccccc2)c1.I. The zero-order valence-corrected chi connectivity index (χ0v) is 16.4. The van der Waals surface area contributed by atoms with Gasteiger partial charge in [0.15, 0.2) is 5.96 Å². The summed E-state index contributed by atoms with van der Waals surface area (Å²) in [5.41, 5.74) is 6.54. The van der Waals surface area contributed by atoms with Crippen molar-refractivity contribution in [1.29, 1.82) is 0 Å². The van der Waals surface area contributed by atoms with E-state index in [1.165, 1.54) is 0 Å². The van der Waals surface area contributed by atoms with Gasteiger partial charge in [-0.25, -0.2) is 4.99 Å². The van der Waals surface area contributed by atoms with E-state index in [2.05, 4.69) is 15.6 Å². The third-order valence-electron chi connectivity index (χ3n) is 3.05. The number of amides is 1. The minimum absolute atomic E-state index is 0. The van der Waals surface area contributed by atoms with Gasteiger partial charge in [-0.05, 0) is 30.7 Å². The van der Waals surface area contributed by atoms with Crippen molar-refractivity contribution in [2.75, 3.05) is 18.4 Å². The molecule has 0 fully saturated rings. The summed E-state index contributed by atoms with van der Waals surface area (Å²) in [6.07, 6.45) is 0.886. The highest BCUT2D eigenvalue weighted by atomic mass is 127. The molecule has 1 amide bonds. The number of carbonyl (C=O) groups excluding carboxylic acids is 1. The van der Waals surface area contributed by atoms with Gasteiger partial charge in [-0.2, -0.15) is 0 Å². The van der Waals surface area contributed by atoms with Gasteiger partial charge in [0.05, 0.1) is 0 Å². The Morgan fingerprint density at radius 1 is 1.12 bits per heavy atom. The van der Waals surface area contributed by atoms with E-state index in [4.69, 9.17) is 10.5 Å². The monoisotopic (exact) mass is 454 g/mol. The molecule has 7 heteroatoms. The van der Waals surface area contributed by atoms with E-state index in [0.29, 0.717) is 12.3 Å². The number of rotatable bonds is 7. The Labute approximate surface area is 164 Å². The number of guanidine groups is 1. The molecule has 0 heterocycles. The largest absolute Gasteiger partial charge is 0.457 e. The number of anilines is 1. The van der Waals surface area contributed by atoms with E-state index in [1.807, 2.05) is 61.5 Å². The molecule has 134 valence electrons. The summed E-state index contributed by atoms with van der Waals surface area (Å²) in [4.78, 5) is 15.5. The number of para-hydroxylation sites is 1. The van der Waals surface area contributed by atoms with Crippen molar-refractivity contribution in [2.24, 2.45) is 10.7 Å². The molecule has 2 aromatic carbocycles. The van der Waals surface area contributed by atoms with Crippen molar-refractivity contribution in [3.05, 3.63) is 54.6 Å². The van der Waals surface area contributed by atoms with Gasteiger partial charge in [-0.1, -0.05) is 31.2 Å². The Bertz CT molecular complexity index is 692. The maximum absolute atomic E-state index is 11.5. The Morgan fingerprint density at radius 3 is 2.56 bits per heavy atom. The van der Waals surface area contributed by atoms with E-state index >= 15 is 0 Å². The first-order chi connectivity index (χ1) is 11.7. The van der Waals surface area contributed by atoms with Crippen LogP contribution in [-0.2, 0) is 4.79 Å². The molecular weight excluding hydrogens is 431 g/mol. The zero-order valence-electron chi connectivity index (χ0n) is 14.1. The van der Waals surface area contributed by atoms with Crippen molar-refractivity contribution in [2.45, 2.75) is 13.3 Å². The Kier molecular flexibility index (Phi) is 9.38. The number of nitrogens with zero attached hydrogens (tertiary/aromatic N) is 1. The summed E-state index contributed by atoms with van der Waals surface area (Å²) in [5, 5.41) is 5.69. The molecule has 0 bridgehead atoms. The highest BCUT2D eigenvalue weighted by Gasteiger charge is 2.02. The molecule has 25 heavy (non-hydrogen) atoms. The maximum Gasteiger partial charge on any atom is 0.241 e. The minimum Gasteiger partial charge on any atom is -0.457 e. The van der Waals surface area contributed by atoms with Gasteiger partial charge in [0.1, 0.15) is 18.0 Å². The molecule has 0 saturated carbocycles. The first-order valence-electron chi connectivity index (χ1n) is 7.84. The number of hydrogen-bond donors (Lipinski definition) is 3. The van der Waals surface area contributed by atoms with Crippen LogP contribution in [0.5, 0.6) is 11.5 Å². The molecule has 0 spiro atoms. The van der Waals surface area contributed by atoms with E-state index in [0.717, 1.165) is 17.9 Å². The molecule has 0 aliphatic heterocycles. The molecule has 0 unspecified atom stereocenters. The number of nitrogens with two attached hydrogens (primary N) is 1. The van der Waals surface area contributed by atoms with Crippen LogP contribution in [0.25, 0.3) is 0 Å². The van der Waals surface area contributed by atoms with Crippen LogP contribution in [0.2, 0.25) is 0 Å². The summed E-state index contributed by atoms with van der Waals surface area (Å²) >= 11 is 0. The number of carbonyl (C=O) groups is 1. The Balaban J connectivity index is 0.00000312. The van der Waals surface area contributed by atoms with Crippen LogP contribution in [0, 0.1) is 0 Å². The van der Waals surface area contributed by atoms with Gasteiger partial charge in [0, 0.05) is 18.3 Å². The highest BCUT2D eigenvalue weighted by molar-refractivity contribution is 14.0. The maximum atomic E-state index is 11.5. The summed E-state index contributed by atoms with van der Waals surface area (Å²) in [6.45, 7) is 2.63. The van der Waals surface area contributed by atoms with Crippen LogP contribution < -0.4 is 21.1 Å². The Morgan fingerprint density at radius 2 is 1.84 bits per heavy atom. The average Bonchev–Trinajstić information content (AvgIpc) is 2.59. The summed E-state index contributed by atoms with van der Waals surface area (Å²) in [6, 6.07) is 16.9. The van der Waals surface area contributed by atoms with Crippen molar-refractivity contribution in [1.82, 2.24) is 5.32 Å². The highest BCUT2D eigenvalue weighted by Crippen LogP contribution is 2.23. The topological polar surface area (TPSA) is 88.7 Å². The van der Waals surface area contributed by atoms with Gasteiger partial charge < -0.3 is 21.1 Å². The van der Waals surface area contributed by atoms with Crippen LogP contribution >= 0.6 is 24.0 Å². The second kappa shape index (κ2) is 11.3. The van der Waals surface area contributed by atoms with Gasteiger partial charge >= 0.3 is 0 Å². The van der Waals surface area contributed by atoms with Crippen molar-refractivity contribution in [3.8, 4) is 11.5 Å². The molecule has 0 radical (unpaired) electrons. The van der Waals surface area contributed by atoms with Crippen molar-refractivity contribution < 1.29 is 9.53 Å². The van der Waals surface area contributed by atoms with E-state index in [-0.39, 0.29) is 42.4 Å². The summed E-state index contributed by atoms with van der Waals surface area (Å²) < 4.78 is 5.76. The second-order valence-corrected chi connectivity index (χ2v) is 5.12. The van der Waals surface area contributed by atoms with Crippen LogP contribution in [0.1, 0.15) is 13.3 Å². The molecule has 4 N–H and O–H groups in total. The fourth-order valence-electron chi connectivity index (χ4n) is 1.93. The molecule has 0 saturated heterocycles. The fraction of sp³-hybridized carbons (Fsp3) is 0.222. The molecule has 0 atom stereocenters. The number of halogens is 1. The van der Waals surface area contributed by atoms with Crippen LogP contribution in [0.15, 0.2) is 59.6 Å². The second-order valence-electron chi connectivity index (χ2n) is 5.12. The van der Waals surface area contributed by atoms with Gasteiger partial charge in [-0.3, -0.25) is 4.79 Å². The summed E-state index contributed by atoms with van der Waals surface area (Å²) in [7, 11) is 0. The van der Waals surface area contributed by atoms with Crippen LogP contribution in [0.3, 0.4) is 0 Å². The standard InChI is InChI=1S/C18H22N4O2.HI/c1-2-11-20-17(23)13-21-18(19)22-14-7-6-10-16(12-14)24-15-8-4-3-5-9-15;/h3-10,12H,2,11,13H2,1H3,(H,20,23)(H3,19,21,22);1H. The zero-order chi connectivity index (χ0) is 17.2. The van der Waals surface area contributed by atoms with Crippen molar-refractivity contribution >= 4 is 41.5 Å². The number of nitrogens with one attached hydrogen (secondary N) is 2. The van der Waals surface area contributed by atoms with Crippen LogP contribution in [-0.4, -0.2) is 25.0 Å². The molecule has 0 aliphatic carbocycles. The fourth-order valence-corrected chi connectivity index (χ4v) is 1.93. The van der Waals surface area contributed by atoms with Gasteiger partial charge in [0.25, 0.3) is 0 Å². The van der Waals surface area contributed by atoms with Gasteiger partial charge in [-0.15, -0.1) is 24.0 Å². The number of ether oxygens (including phenoxy) is 1. The summed E-state index contributed by atoms with van der Waals surface area (Å²) in [5.74, 6) is 1.46. The molecule has 0 aromatic heterocycles. The average molecular weight is 454 g/mol. The minimum atomic E-state index is -0.150. The van der Waals surface area contributed by atoms with E-state index in [9.17, 15) is 4.79 Å². The molecule has 2 aromatic rings. The van der Waals surface area contributed by atoms with E-state index in [1.54, 1.807) is 0 Å². The lowest BCUT2D eigenvalue weighted by molar-refractivity contribution is -0.119. The predicted octanol–water partition coefficient (Wildman–Crippen LogP) is 3.35. The van der Waals surface area contributed by atoms with Gasteiger partial charge in [0.2, 0.25) is 5.91 Å².